The summed E-state index contributed by atoms with van der Waals surface area (Å²) in [6, 6.07) is 24.6. The van der Waals surface area contributed by atoms with Crippen LogP contribution in [0.1, 0.15) is 60.6 Å². The molecular weight excluding hydrogens is 422 g/mol. The normalized spacial score (nSPS) is 20.0. The molecule has 0 spiro atoms. The molecule has 1 fully saturated rings. The number of ether oxygens (including phenoxy) is 2. The summed E-state index contributed by atoms with van der Waals surface area (Å²) < 4.78 is 12.1. The Morgan fingerprint density at radius 1 is 0.853 bits per heavy atom. The molecule has 0 aliphatic carbocycles. The lowest BCUT2D eigenvalue weighted by molar-refractivity contribution is 0.247. The Bertz CT molecular complexity index is 1040. The van der Waals surface area contributed by atoms with Crippen LogP contribution in [0.3, 0.4) is 0 Å². The minimum atomic E-state index is 0.159. The van der Waals surface area contributed by atoms with Crippen LogP contribution in [0.25, 0.3) is 0 Å². The van der Waals surface area contributed by atoms with Gasteiger partial charge in [0.1, 0.15) is 17.2 Å². The number of nitrogens with zero attached hydrogens (tertiary/aromatic N) is 1. The number of aromatic hydroxyl groups is 1. The van der Waals surface area contributed by atoms with Gasteiger partial charge in [0, 0.05) is 23.5 Å². The van der Waals surface area contributed by atoms with Gasteiger partial charge in [0.05, 0.1) is 13.2 Å². The van der Waals surface area contributed by atoms with Crippen LogP contribution < -0.4 is 9.47 Å². The second kappa shape index (κ2) is 11.0. The molecule has 3 aromatic rings. The lowest BCUT2D eigenvalue weighted by Gasteiger charge is -2.34. The van der Waals surface area contributed by atoms with Crippen molar-refractivity contribution in [1.29, 1.82) is 0 Å². The number of fused-ring (bicyclic) bond motifs is 1. The summed E-state index contributed by atoms with van der Waals surface area (Å²) in [7, 11) is 0. The molecule has 0 saturated carbocycles. The SMILES string of the molecule is Oc1ccc2c(c1)OCC(c1ccccc1)C2c1ccc(OCCCCCN2CCCC2)cc1. The molecule has 4 heteroatoms. The van der Waals surface area contributed by atoms with Crippen LogP contribution in [0.15, 0.2) is 72.8 Å². The lowest BCUT2D eigenvalue weighted by Crippen LogP contribution is -2.25. The van der Waals surface area contributed by atoms with Crippen molar-refractivity contribution >= 4 is 0 Å². The van der Waals surface area contributed by atoms with E-state index < -0.39 is 0 Å². The molecule has 5 rings (SSSR count). The van der Waals surface area contributed by atoms with Gasteiger partial charge in [0.25, 0.3) is 0 Å². The molecule has 178 valence electrons. The standard InChI is InChI=1S/C30H35NO3/c32-25-13-16-27-29(21-25)34-22-28(23-9-3-1-4-10-23)30(27)24-11-14-26(15-12-24)33-20-8-2-5-17-31-18-6-7-19-31/h1,3-4,9-16,21,28,30,32H,2,5-8,17-20,22H2. The largest absolute Gasteiger partial charge is 0.508 e. The van der Waals surface area contributed by atoms with E-state index in [9.17, 15) is 5.11 Å². The van der Waals surface area contributed by atoms with Gasteiger partial charge >= 0.3 is 0 Å². The number of phenols is 1. The number of phenolic OH excluding ortho intramolecular Hbond substituents is 1. The fraction of sp³-hybridized carbons (Fsp3) is 0.400. The summed E-state index contributed by atoms with van der Waals surface area (Å²) in [5, 5.41) is 9.96. The predicted molar refractivity (Wildman–Crippen MR) is 136 cm³/mol. The first-order valence-electron chi connectivity index (χ1n) is 12.7. The van der Waals surface area contributed by atoms with Crippen LogP contribution in [0, 0.1) is 0 Å². The van der Waals surface area contributed by atoms with E-state index in [4.69, 9.17) is 9.47 Å². The van der Waals surface area contributed by atoms with E-state index in [0.717, 1.165) is 30.1 Å². The number of unbranched alkanes of at least 4 members (excludes halogenated alkanes) is 2. The van der Waals surface area contributed by atoms with Crippen LogP contribution >= 0.6 is 0 Å². The molecule has 1 N–H and O–H groups in total. The molecule has 3 aromatic carbocycles. The van der Waals surface area contributed by atoms with Gasteiger partial charge in [0.2, 0.25) is 0 Å². The van der Waals surface area contributed by atoms with Crippen molar-refractivity contribution in [3.8, 4) is 17.2 Å². The van der Waals surface area contributed by atoms with Crippen molar-refractivity contribution in [2.75, 3.05) is 32.8 Å². The molecule has 2 unspecified atom stereocenters. The topological polar surface area (TPSA) is 41.9 Å². The Morgan fingerprint density at radius 3 is 2.44 bits per heavy atom. The average molecular weight is 458 g/mol. The van der Waals surface area contributed by atoms with Gasteiger partial charge in [-0.05, 0) is 81.1 Å². The predicted octanol–water partition coefficient (Wildman–Crippen LogP) is 6.35. The average Bonchev–Trinajstić information content (AvgIpc) is 3.40. The van der Waals surface area contributed by atoms with Gasteiger partial charge in [0.15, 0.2) is 0 Å². The summed E-state index contributed by atoms with van der Waals surface area (Å²) >= 11 is 0. The van der Waals surface area contributed by atoms with Gasteiger partial charge in [-0.25, -0.2) is 0 Å². The summed E-state index contributed by atoms with van der Waals surface area (Å²) in [4.78, 5) is 2.58. The van der Waals surface area contributed by atoms with E-state index in [1.54, 1.807) is 12.1 Å². The Balaban J connectivity index is 1.24. The molecule has 34 heavy (non-hydrogen) atoms. The van der Waals surface area contributed by atoms with E-state index in [2.05, 4.69) is 53.4 Å². The Morgan fingerprint density at radius 2 is 1.65 bits per heavy atom. The zero-order valence-corrected chi connectivity index (χ0v) is 19.9. The fourth-order valence-corrected chi connectivity index (χ4v) is 5.38. The van der Waals surface area contributed by atoms with Crippen LogP contribution in [0.4, 0.5) is 0 Å². The second-order valence-corrected chi connectivity index (χ2v) is 9.55. The Hall–Kier alpha value is -2.98. The van der Waals surface area contributed by atoms with E-state index in [0.29, 0.717) is 6.61 Å². The smallest absolute Gasteiger partial charge is 0.126 e. The maximum absolute atomic E-state index is 9.96. The quantitative estimate of drug-likeness (QED) is 0.381. The maximum atomic E-state index is 9.96. The first kappa shape index (κ1) is 22.8. The molecule has 1 saturated heterocycles. The van der Waals surface area contributed by atoms with Crippen LogP contribution in [-0.2, 0) is 0 Å². The van der Waals surface area contributed by atoms with E-state index in [1.165, 1.54) is 56.4 Å². The van der Waals surface area contributed by atoms with Crippen molar-refractivity contribution < 1.29 is 14.6 Å². The van der Waals surface area contributed by atoms with Gasteiger partial charge < -0.3 is 19.5 Å². The number of hydrogen-bond acceptors (Lipinski definition) is 4. The maximum Gasteiger partial charge on any atom is 0.126 e. The molecule has 0 bridgehead atoms. The van der Waals surface area contributed by atoms with Crippen molar-refractivity contribution in [3.05, 3.63) is 89.5 Å². The summed E-state index contributed by atoms with van der Waals surface area (Å²) in [5.74, 6) is 2.30. The Kier molecular flexibility index (Phi) is 7.35. The highest BCUT2D eigenvalue weighted by Crippen LogP contribution is 2.47. The van der Waals surface area contributed by atoms with Gasteiger partial charge in [-0.15, -0.1) is 0 Å². The van der Waals surface area contributed by atoms with Gasteiger partial charge in [-0.1, -0.05) is 48.5 Å². The van der Waals surface area contributed by atoms with Crippen molar-refractivity contribution in [3.63, 3.8) is 0 Å². The fourth-order valence-electron chi connectivity index (χ4n) is 5.38. The highest BCUT2D eigenvalue weighted by atomic mass is 16.5. The monoisotopic (exact) mass is 457 g/mol. The zero-order valence-electron chi connectivity index (χ0n) is 19.9. The third-order valence-corrected chi connectivity index (χ3v) is 7.21. The van der Waals surface area contributed by atoms with Crippen LogP contribution in [0.5, 0.6) is 17.2 Å². The second-order valence-electron chi connectivity index (χ2n) is 9.55. The molecule has 0 amide bonds. The van der Waals surface area contributed by atoms with Crippen LogP contribution in [-0.4, -0.2) is 42.9 Å². The van der Waals surface area contributed by atoms with Gasteiger partial charge in [-0.2, -0.15) is 0 Å². The molecular formula is C30H35NO3. The highest BCUT2D eigenvalue weighted by Gasteiger charge is 2.33. The van der Waals surface area contributed by atoms with Crippen molar-refractivity contribution in [1.82, 2.24) is 4.90 Å². The molecule has 0 radical (unpaired) electrons. The molecule has 4 nitrogen and oxygen atoms in total. The molecule has 2 atom stereocenters. The number of benzene rings is 3. The van der Waals surface area contributed by atoms with E-state index in [-0.39, 0.29) is 17.6 Å². The highest BCUT2D eigenvalue weighted by molar-refractivity contribution is 5.50. The first-order chi connectivity index (χ1) is 16.8. The van der Waals surface area contributed by atoms with Gasteiger partial charge in [-0.3, -0.25) is 0 Å². The third kappa shape index (κ3) is 5.39. The number of likely N-dealkylation sites (tertiary alicyclic amines) is 1. The lowest BCUT2D eigenvalue weighted by atomic mass is 9.76. The Labute approximate surface area is 203 Å². The minimum Gasteiger partial charge on any atom is -0.508 e. The van der Waals surface area contributed by atoms with E-state index in [1.807, 2.05) is 12.1 Å². The number of hydrogen-bond donors (Lipinski definition) is 1. The molecule has 2 aliphatic rings. The summed E-state index contributed by atoms with van der Waals surface area (Å²) in [6.07, 6.45) is 6.32. The molecule has 0 aromatic heterocycles. The number of rotatable bonds is 9. The van der Waals surface area contributed by atoms with Crippen molar-refractivity contribution in [2.45, 2.75) is 43.9 Å². The third-order valence-electron chi connectivity index (χ3n) is 7.21. The summed E-state index contributed by atoms with van der Waals surface area (Å²) in [6.45, 7) is 5.16. The zero-order chi connectivity index (χ0) is 23.2. The molecule has 2 heterocycles. The van der Waals surface area contributed by atoms with Crippen LogP contribution in [0.2, 0.25) is 0 Å². The molecule has 2 aliphatic heterocycles. The van der Waals surface area contributed by atoms with E-state index >= 15 is 0 Å². The minimum absolute atomic E-state index is 0.159. The first-order valence-corrected chi connectivity index (χ1v) is 12.7. The summed E-state index contributed by atoms with van der Waals surface area (Å²) in [5.41, 5.74) is 3.62. The van der Waals surface area contributed by atoms with Crippen molar-refractivity contribution in [2.24, 2.45) is 0 Å².